The van der Waals surface area contributed by atoms with Crippen LogP contribution in [0.1, 0.15) is 61.8 Å². The van der Waals surface area contributed by atoms with Crippen molar-refractivity contribution in [3.63, 3.8) is 0 Å². The Bertz CT molecular complexity index is 1260. The average Bonchev–Trinajstić information content (AvgIpc) is 3.02. The second kappa shape index (κ2) is 8.02. The Hall–Kier alpha value is -3.25. The summed E-state index contributed by atoms with van der Waals surface area (Å²) in [5.74, 6) is 1.56. The molecule has 0 fully saturated rings. The molecule has 3 aromatic heterocycles. The maximum absolute atomic E-state index is 10.2. The van der Waals surface area contributed by atoms with Crippen LogP contribution >= 0.6 is 0 Å². The topological polar surface area (TPSA) is 72.5 Å². The van der Waals surface area contributed by atoms with E-state index < -0.39 is 5.60 Å². The summed E-state index contributed by atoms with van der Waals surface area (Å²) < 4.78 is 7.94. The van der Waals surface area contributed by atoms with Gasteiger partial charge in [0.1, 0.15) is 17.0 Å². The molecule has 1 aliphatic rings. The zero-order valence-electron chi connectivity index (χ0n) is 18.7. The van der Waals surface area contributed by atoms with Crippen molar-refractivity contribution in [3.05, 3.63) is 77.8 Å². The molecule has 0 radical (unpaired) electrons. The highest BCUT2D eigenvalue weighted by Gasteiger charge is 2.27. The summed E-state index contributed by atoms with van der Waals surface area (Å²) in [5, 5.41) is 10.2. The van der Waals surface area contributed by atoms with Crippen molar-refractivity contribution in [3.8, 4) is 16.9 Å². The first-order chi connectivity index (χ1) is 15.5. The molecule has 0 saturated carbocycles. The van der Waals surface area contributed by atoms with Crippen LogP contribution in [0.2, 0.25) is 0 Å². The third-order valence-electron chi connectivity index (χ3n) is 6.26. The van der Waals surface area contributed by atoms with Crippen molar-refractivity contribution in [2.75, 3.05) is 7.11 Å². The standard InChI is InChI=1S/C26H28N4O2/c1-26(2,31)25-27-14-18(15-28-25)17-12-13-23-29-21-10-6-4-9-20(24(21)30(23)16-17)19-8-5-7-11-22(19)32-3/h5,7-8,11-16,20,31H,4,6,9-10H2,1-3H3. The smallest absolute Gasteiger partial charge is 0.159 e. The number of fused-ring (bicyclic) bond motifs is 3. The molecule has 3 heterocycles. The first-order valence-corrected chi connectivity index (χ1v) is 11.1. The monoisotopic (exact) mass is 428 g/mol. The van der Waals surface area contributed by atoms with Crippen LogP contribution < -0.4 is 4.74 Å². The van der Waals surface area contributed by atoms with Crippen LogP contribution in [0.4, 0.5) is 0 Å². The van der Waals surface area contributed by atoms with Crippen molar-refractivity contribution in [1.29, 1.82) is 0 Å². The van der Waals surface area contributed by atoms with Gasteiger partial charge in [-0.2, -0.15) is 0 Å². The summed E-state index contributed by atoms with van der Waals surface area (Å²) in [5.41, 5.74) is 5.44. The van der Waals surface area contributed by atoms with E-state index in [4.69, 9.17) is 9.72 Å². The first-order valence-electron chi connectivity index (χ1n) is 11.1. The highest BCUT2D eigenvalue weighted by atomic mass is 16.5. The molecule has 32 heavy (non-hydrogen) atoms. The summed E-state index contributed by atoms with van der Waals surface area (Å²) in [6, 6.07) is 12.4. The zero-order valence-corrected chi connectivity index (χ0v) is 18.7. The van der Waals surface area contributed by atoms with E-state index in [1.165, 1.54) is 17.0 Å². The van der Waals surface area contributed by atoms with Crippen molar-refractivity contribution in [1.82, 2.24) is 19.4 Å². The number of pyridine rings is 1. The van der Waals surface area contributed by atoms with Crippen LogP contribution in [-0.2, 0) is 12.0 Å². The number of aliphatic hydroxyl groups is 1. The predicted octanol–water partition coefficient (Wildman–Crippen LogP) is 4.89. The van der Waals surface area contributed by atoms with Gasteiger partial charge in [0.15, 0.2) is 5.82 Å². The number of imidazole rings is 1. The number of aryl methyl sites for hydroxylation is 1. The van der Waals surface area contributed by atoms with Crippen molar-refractivity contribution in [2.24, 2.45) is 0 Å². The van der Waals surface area contributed by atoms with Crippen LogP contribution in [-0.4, -0.2) is 31.6 Å². The minimum atomic E-state index is -1.06. The van der Waals surface area contributed by atoms with E-state index in [2.05, 4.69) is 44.8 Å². The van der Waals surface area contributed by atoms with Gasteiger partial charge in [-0.25, -0.2) is 15.0 Å². The van der Waals surface area contributed by atoms with Gasteiger partial charge < -0.3 is 14.2 Å². The Balaban J connectivity index is 1.64. The van der Waals surface area contributed by atoms with E-state index in [0.29, 0.717) is 5.82 Å². The van der Waals surface area contributed by atoms with E-state index >= 15 is 0 Å². The fourth-order valence-corrected chi connectivity index (χ4v) is 4.66. The first kappa shape index (κ1) is 20.6. The molecular weight excluding hydrogens is 400 g/mol. The molecule has 164 valence electrons. The fourth-order valence-electron chi connectivity index (χ4n) is 4.66. The number of hydrogen-bond donors (Lipinski definition) is 1. The van der Waals surface area contributed by atoms with E-state index in [9.17, 15) is 5.11 Å². The Morgan fingerprint density at radius 2 is 1.81 bits per heavy atom. The number of ether oxygens (including phenoxy) is 1. The van der Waals surface area contributed by atoms with Crippen LogP contribution in [0.25, 0.3) is 16.8 Å². The molecule has 0 aliphatic heterocycles. The van der Waals surface area contributed by atoms with Gasteiger partial charge in [-0.3, -0.25) is 0 Å². The number of nitrogens with zero attached hydrogens (tertiary/aromatic N) is 4. The minimum Gasteiger partial charge on any atom is -0.496 e. The average molecular weight is 429 g/mol. The lowest BCUT2D eigenvalue weighted by Crippen LogP contribution is -2.19. The Morgan fingerprint density at radius 3 is 2.56 bits per heavy atom. The molecule has 5 rings (SSSR count). The number of aromatic nitrogens is 4. The van der Waals surface area contributed by atoms with Gasteiger partial charge in [-0.15, -0.1) is 0 Å². The molecule has 1 unspecified atom stereocenters. The second-order valence-corrected chi connectivity index (χ2v) is 8.98. The SMILES string of the molecule is COc1ccccc1C1CCCCc2nc3ccc(-c4cnc(C(C)(C)O)nc4)cn3c21. The second-order valence-electron chi connectivity index (χ2n) is 8.98. The van der Waals surface area contributed by atoms with Crippen molar-refractivity contribution >= 4 is 5.65 Å². The van der Waals surface area contributed by atoms with Gasteiger partial charge in [0.2, 0.25) is 0 Å². The lowest BCUT2D eigenvalue weighted by Gasteiger charge is -2.20. The molecule has 1 aliphatic carbocycles. The normalized spacial score (nSPS) is 16.6. The number of para-hydroxylation sites is 1. The predicted molar refractivity (Wildman–Crippen MR) is 124 cm³/mol. The molecule has 6 nitrogen and oxygen atoms in total. The molecule has 4 aromatic rings. The fraction of sp³-hybridized carbons (Fsp3) is 0.346. The van der Waals surface area contributed by atoms with Gasteiger partial charge in [0.05, 0.1) is 18.5 Å². The largest absolute Gasteiger partial charge is 0.496 e. The zero-order chi connectivity index (χ0) is 22.3. The Morgan fingerprint density at radius 1 is 1.03 bits per heavy atom. The van der Waals surface area contributed by atoms with Crippen LogP contribution in [0.5, 0.6) is 5.75 Å². The Kier molecular flexibility index (Phi) is 5.18. The molecule has 0 amide bonds. The summed E-state index contributed by atoms with van der Waals surface area (Å²) >= 11 is 0. The third kappa shape index (κ3) is 3.65. The highest BCUT2D eigenvalue weighted by Crippen LogP contribution is 2.40. The third-order valence-corrected chi connectivity index (χ3v) is 6.26. The van der Waals surface area contributed by atoms with E-state index in [1.807, 2.05) is 12.1 Å². The van der Waals surface area contributed by atoms with Crippen LogP contribution in [0.3, 0.4) is 0 Å². The van der Waals surface area contributed by atoms with Gasteiger partial charge >= 0.3 is 0 Å². The maximum atomic E-state index is 10.2. The molecule has 1 N–H and O–H groups in total. The molecule has 0 bridgehead atoms. The summed E-state index contributed by atoms with van der Waals surface area (Å²) in [7, 11) is 1.74. The quantitative estimate of drug-likeness (QED) is 0.469. The summed E-state index contributed by atoms with van der Waals surface area (Å²) in [6.07, 6.45) is 10.0. The van der Waals surface area contributed by atoms with E-state index in [0.717, 1.165) is 48.2 Å². The molecule has 0 saturated heterocycles. The lowest BCUT2D eigenvalue weighted by atomic mass is 9.90. The van der Waals surface area contributed by atoms with Crippen molar-refractivity contribution < 1.29 is 9.84 Å². The molecule has 6 heteroatoms. The van der Waals surface area contributed by atoms with Gasteiger partial charge in [-0.05, 0) is 51.3 Å². The number of rotatable bonds is 4. The van der Waals surface area contributed by atoms with Gasteiger partial charge in [-0.1, -0.05) is 24.6 Å². The highest BCUT2D eigenvalue weighted by molar-refractivity contribution is 5.64. The summed E-state index contributed by atoms with van der Waals surface area (Å²) in [6.45, 7) is 3.37. The number of hydrogen-bond acceptors (Lipinski definition) is 5. The molecule has 1 aromatic carbocycles. The Labute approximate surface area is 188 Å². The van der Waals surface area contributed by atoms with E-state index in [-0.39, 0.29) is 5.92 Å². The molecule has 0 spiro atoms. The maximum Gasteiger partial charge on any atom is 0.159 e. The number of methoxy groups -OCH3 is 1. The van der Waals surface area contributed by atoms with Crippen LogP contribution in [0.15, 0.2) is 55.0 Å². The summed E-state index contributed by atoms with van der Waals surface area (Å²) in [4.78, 5) is 13.7. The van der Waals surface area contributed by atoms with Crippen LogP contribution in [0, 0.1) is 0 Å². The van der Waals surface area contributed by atoms with Crippen molar-refractivity contribution in [2.45, 2.75) is 51.0 Å². The molecular formula is C26H28N4O2. The van der Waals surface area contributed by atoms with Gasteiger partial charge in [0, 0.05) is 41.2 Å². The molecule has 1 atom stereocenters. The van der Waals surface area contributed by atoms with Gasteiger partial charge in [0.25, 0.3) is 0 Å². The minimum absolute atomic E-state index is 0.225. The number of benzene rings is 1. The lowest BCUT2D eigenvalue weighted by molar-refractivity contribution is 0.0687. The van der Waals surface area contributed by atoms with E-state index in [1.54, 1.807) is 33.4 Å².